The van der Waals surface area contributed by atoms with Gasteiger partial charge in [0.15, 0.2) is 5.70 Å². The molecule has 0 atom stereocenters. The predicted molar refractivity (Wildman–Crippen MR) is 134 cm³/mol. The molecule has 34 heavy (non-hydrogen) atoms. The second-order valence-corrected chi connectivity index (χ2v) is 8.82. The van der Waals surface area contributed by atoms with Gasteiger partial charge in [0.2, 0.25) is 11.6 Å². The summed E-state index contributed by atoms with van der Waals surface area (Å²) in [5, 5.41) is 22.1. The standard InChI is InChI=1S/C22H11BrIN3O7/c23-16-10-13(3-7-17(16)24)21-25-18(22(28)34-21)9-12-1-5-15(6-2-12)33-20-8-4-14(26(29)30)11-19(20)27(31)32/h1-11H/b18-9-. The lowest BCUT2D eigenvalue weighted by Gasteiger charge is -2.06. The lowest BCUT2D eigenvalue weighted by Crippen LogP contribution is -2.05. The molecule has 10 nitrogen and oxygen atoms in total. The summed E-state index contributed by atoms with van der Waals surface area (Å²) in [5.74, 6) is -0.273. The molecule has 0 amide bonds. The number of nitro groups is 2. The maximum absolute atomic E-state index is 12.2. The number of halogens is 2. The highest BCUT2D eigenvalue weighted by atomic mass is 127. The minimum atomic E-state index is -0.755. The summed E-state index contributed by atoms with van der Waals surface area (Å²) < 4.78 is 12.7. The van der Waals surface area contributed by atoms with Crippen molar-refractivity contribution in [3.05, 3.63) is 106 Å². The average Bonchev–Trinajstić information content (AvgIpc) is 3.17. The fourth-order valence-electron chi connectivity index (χ4n) is 2.93. The third-order valence-corrected chi connectivity index (χ3v) is 6.89. The Morgan fingerprint density at radius 1 is 1.00 bits per heavy atom. The van der Waals surface area contributed by atoms with E-state index in [1.54, 1.807) is 36.4 Å². The highest BCUT2D eigenvalue weighted by Gasteiger charge is 2.25. The van der Waals surface area contributed by atoms with Crippen LogP contribution in [0.25, 0.3) is 6.08 Å². The van der Waals surface area contributed by atoms with Gasteiger partial charge in [0.1, 0.15) is 5.75 Å². The topological polar surface area (TPSA) is 134 Å². The number of nitro benzene ring substituents is 2. The van der Waals surface area contributed by atoms with Crippen LogP contribution in [0.5, 0.6) is 11.5 Å². The molecule has 0 bridgehead atoms. The van der Waals surface area contributed by atoms with E-state index in [2.05, 4.69) is 43.5 Å². The first-order valence-corrected chi connectivity index (χ1v) is 11.3. The summed E-state index contributed by atoms with van der Waals surface area (Å²) in [7, 11) is 0. The van der Waals surface area contributed by atoms with Gasteiger partial charge in [-0.05, 0) is 86.6 Å². The van der Waals surface area contributed by atoms with Crippen molar-refractivity contribution in [1.82, 2.24) is 0 Å². The minimum Gasteiger partial charge on any atom is -0.450 e. The summed E-state index contributed by atoms with van der Waals surface area (Å²) >= 11 is 5.60. The monoisotopic (exact) mass is 635 g/mol. The van der Waals surface area contributed by atoms with Crippen LogP contribution in [0, 0.1) is 23.8 Å². The van der Waals surface area contributed by atoms with Crippen LogP contribution >= 0.6 is 38.5 Å². The zero-order chi connectivity index (χ0) is 24.4. The van der Waals surface area contributed by atoms with Gasteiger partial charge in [0.25, 0.3) is 5.69 Å². The van der Waals surface area contributed by atoms with E-state index < -0.39 is 27.2 Å². The van der Waals surface area contributed by atoms with Crippen molar-refractivity contribution in [2.45, 2.75) is 0 Å². The van der Waals surface area contributed by atoms with Crippen LogP contribution in [-0.4, -0.2) is 21.7 Å². The Morgan fingerprint density at radius 3 is 2.38 bits per heavy atom. The van der Waals surface area contributed by atoms with Crippen LogP contribution in [0.4, 0.5) is 11.4 Å². The first-order valence-electron chi connectivity index (χ1n) is 9.40. The van der Waals surface area contributed by atoms with Gasteiger partial charge < -0.3 is 9.47 Å². The molecule has 1 aliphatic heterocycles. The maximum atomic E-state index is 12.2. The van der Waals surface area contributed by atoms with Crippen molar-refractivity contribution in [1.29, 1.82) is 0 Å². The number of carbonyl (C=O) groups is 1. The second kappa shape index (κ2) is 9.69. The molecule has 0 saturated carbocycles. The molecule has 1 heterocycles. The first kappa shape index (κ1) is 23.5. The number of benzene rings is 3. The number of esters is 1. The van der Waals surface area contributed by atoms with Crippen LogP contribution in [0.3, 0.4) is 0 Å². The van der Waals surface area contributed by atoms with Crippen molar-refractivity contribution in [3.63, 3.8) is 0 Å². The highest BCUT2D eigenvalue weighted by molar-refractivity contribution is 14.1. The highest BCUT2D eigenvalue weighted by Crippen LogP contribution is 2.34. The molecule has 0 saturated heterocycles. The van der Waals surface area contributed by atoms with Gasteiger partial charge in [0, 0.05) is 19.7 Å². The van der Waals surface area contributed by atoms with Gasteiger partial charge in [-0.2, -0.15) is 0 Å². The maximum Gasteiger partial charge on any atom is 0.363 e. The molecule has 0 N–H and O–H groups in total. The summed E-state index contributed by atoms with van der Waals surface area (Å²) in [6.07, 6.45) is 1.54. The molecular formula is C22H11BrIN3O7. The molecule has 0 radical (unpaired) electrons. The quantitative estimate of drug-likeness (QED) is 0.106. The van der Waals surface area contributed by atoms with Crippen LogP contribution in [0.2, 0.25) is 0 Å². The Balaban J connectivity index is 1.55. The Hall–Kier alpha value is -3.65. The Bertz CT molecular complexity index is 1400. The van der Waals surface area contributed by atoms with Gasteiger partial charge in [-0.15, -0.1) is 0 Å². The van der Waals surface area contributed by atoms with Gasteiger partial charge in [0.05, 0.1) is 15.9 Å². The number of hydrogen-bond acceptors (Lipinski definition) is 8. The molecule has 4 rings (SSSR count). The zero-order valence-corrected chi connectivity index (χ0v) is 20.5. The Labute approximate surface area is 213 Å². The van der Waals surface area contributed by atoms with E-state index in [9.17, 15) is 25.0 Å². The number of cyclic esters (lactones) is 1. The molecule has 3 aromatic rings. The van der Waals surface area contributed by atoms with Crippen LogP contribution < -0.4 is 4.74 Å². The van der Waals surface area contributed by atoms with Crippen molar-refractivity contribution in [2.24, 2.45) is 4.99 Å². The van der Waals surface area contributed by atoms with E-state index in [4.69, 9.17) is 9.47 Å². The number of rotatable bonds is 6. The number of aliphatic imine (C=N–C) groups is 1. The average molecular weight is 636 g/mol. The summed E-state index contributed by atoms with van der Waals surface area (Å²) in [4.78, 5) is 37.2. The van der Waals surface area contributed by atoms with Crippen molar-refractivity contribution < 1.29 is 24.1 Å². The molecule has 0 fully saturated rings. The Kier molecular flexibility index (Phi) is 6.70. The molecule has 3 aromatic carbocycles. The Morgan fingerprint density at radius 2 is 1.74 bits per heavy atom. The number of nitrogens with zero attached hydrogens (tertiary/aromatic N) is 3. The summed E-state index contributed by atoms with van der Waals surface area (Å²) in [6.45, 7) is 0. The molecule has 0 aliphatic carbocycles. The fraction of sp³-hybridized carbons (Fsp3) is 0. The van der Waals surface area contributed by atoms with E-state index in [0.29, 0.717) is 11.1 Å². The van der Waals surface area contributed by atoms with Gasteiger partial charge in [-0.3, -0.25) is 20.2 Å². The molecule has 0 unspecified atom stereocenters. The smallest absolute Gasteiger partial charge is 0.363 e. The molecule has 1 aliphatic rings. The van der Waals surface area contributed by atoms with Gasteiger partial charge in [-0.1, -0.05) is 12.1 Å². The van der Waals surface area contributed by atoms with E-state index in [1.807, 2.05) is 6.07 Å². The largest absolute Gasteiger partial charge is 0.450 e. The van der Waals surface area contributed by atoms with Crippen LogP contribution in [-0.2, 0) is 9.53 Å². The van der Waals surface area contributed by atoms with Crippen molar-refractivity contribution in [3.8, 4) is 11.5 Å². The lowest BCUT2D eigenvalue weighted by molar-refractivity contribution is -0.394. The molecular weight excluding hydrogens is 625 g/mol. The molecule has 0 spiro atoms. The minimum absolute atomic E-state index is 0.115. The third-order valence-electron chi connectivity index (χ3n) is 4.55. The van der Waals surface area contributed by atoms with Gasteiger partial charge >= 0.3 is 11.7 Å². The van der Waals surface area contributed by atoms with Crippen molar-refractivity contribution >= 4 is 67.8 Å². The summed E-state index contributed by atoms with van der Waals surface area (Å²) in [5.41, 5.74) is 0.438. The number of non-ortho nitro benzene ring substituents is 1. The van der Waals surface area contributed by atoms with E-state index in [0.717, 1.165) is 20.2 Å². The lowest BCUT2D eigenvalue weighted by atomic mass is 10.2. The number of carbonyl (C=O) groups excluding carboxylic acids is 1. The third kappa shape index (κ3) is 5.12. The molecule has 12 heteroatoms. The van der Waals surface area contributed by atoms with Crippen LogP contribution in [0.15, 0.2) is 75.8 Å². The summed E-state index contributed by atoms with van der Waals surface area (Å²) in [6, 6.07) is 14.9. The molecule has 0 aromatic heterocycles. The van der Waals surface area contributed by atoms with Crippen LogP contribution in [0.1, 0.15) is 11.1 Å². The normalized spacial score (nSPS) is 14.0. The first-order chi connectivity index (χ1) is 16.2. The number of ether oxygens (including phenoxy) is 2. The fourth-order valence-corrected chi connectivity index (χ4v) is 3.64. The van der Waals surface area contributed by atoms with E-state index >= 15 is 0 Å². The zero-order valence-electron chi connectivity index (χ0n) is 16.8. The second-order valence-electron chi connectivity index (χ2n) is 6.80. The number of hydrogen-bond donors (Lipinski definition) is 0. The van der Waals surface area contributed by atoms with Gasteiger partial charge in [-0.25, -0.2) is 9.79 Å². The van der Waals surface area contributed by atoms with E-state index in [-0.39, 0.29) is 23.1 Å². The van der Waals surface area contributed by atoms with Crippen molar-refractivity contribution in [2.75, 3.05) is 0 Å². The van der Waals surface area contributed by atoms with E-state index in [1.165, 1.54) is 12.1 Å². The SMILES string of the molecule is O=C1OC(c2ccc(I)c(Br)c2)=N/C1=C\c1ccc(Oc2ccc([N+](=O)[O-])cc2[N+](=O)[O-])cc1. The predicted octanol–water partition coefficient (Wildman–Crippen LogP) is 6.01. The molecule has 170 valence electrons.